The van der Waals surface area contributed by atoms with Crippen molar-refractivity contribution in [3.05, 3.63) is 35.1 Å². The van der Waals surface area contributed by atoms with Crippen molar-refractivity contribution in [2.45, 2.75) is 19.9 Å². The van der Waals surface area contributed by atoms with E-state index in [1.807, 2.05) is 38.1 Å². The minimum absolute atomic E-state index is 0.234. The molecular weight excluding hydrogens is 308 g/mol. The van der Waals surface area contributed by atoms with Crippen LogP contribution < -0.4 is 15.8 Å². The van der Waals surface area contributed by atoms with E-state index in [0.717, 1.165) is 4.47 Å². The Balaban J connectivity index is 2.23. The van der Waals surface area contributed by atoms with Gasteiger partial charge >= 0.3 is 0 Å². The third-order valence-electron chi connectivity index (χ3n) is 2.30. The van der Waals surface area contributed by atoms with Crippen LogP contribution in [-0.4, -0.2) is 16.0 Å². The minimum atomic E-state index is 0.234. The molecule has 1 heterocycles. The number of hydrogen-bond donors (Lipinski definition) is 2. The highest BCUT2D eigenvalue weighted by Crippen LogP contribution is 2.29. The van der Waals surface area contributed by atoms with Crippen molar-refractivity contribution in [1.29, 1.82) is 0 Å². The lowest BCUT2D eigenvalue weighted by Gasteiger charge is -2.13. The maximum absolute atomic E-state index is 5.99. The Morgan fingerprint density at radius 2 is 1.89 bits per heavy atom. The van der Waals surface area contributed by atoms with E-state index in [-0.39, 0.29) is 6.04 Å². The SMILES string of the molecule is CC(C)Nc1ncnc(Oc2ccc(Br)cc2)c1N. The molecule has 0 saturated heterocycles. The van der Waals surface area contributed by atoms with Crippen LogP contribution >= 0.6 is 15.9 Å². The molecule has 5 nitrogen and oxygen atoms in total. The first-order chi connectivity index (χ1) is 9.06. The Bertz CT molecular complexity index is 557. The normalized spacial score (nSPS) is 10.5. The standard InChI is InChI=1S/C13H15BrN4O/c1-8(2)18-12-11(15)13(17-7-16-12)19-10-5-3-9(14)4-6-10/h3-8H,15H2,1-2H3,(H,16,17,18). The predicted octanol–water partition coefficient (Wildman–Crippen LogP) is 3.43. The zero-order chi connectivity index (χ0) is 13.8. The third-order valence-corrected chi connectivity index (χ3v) is 2.83. The molecule has 1 aromatic heterocycles. The van der Waals surface area contributed by atoms with E-state index < -0.39 is 0 Å². The van der Waals surface area contributed by atoms with E-state index in [0.29, 0.717) is 23.1 Å². The van der Waals surface area contributed by atoms with Crippen LogP contribution in [0.1, 0.15) is 13.8 Å². The molecule has 0 aliphatic heterocycles. The summed E-state index contributed by atoms with van der Waals surface area (Å²) >= 11 is 3.37. The average Bonchev–Trinajstić information content (AvgIpc) is 2.36. The second-order valence-corrected chi connectivity index (χ2v) is 5.21. The summed E-state index contributed by atoms with van der Waals surface area (Å²) in [6.45, 7) is 4.02. The molecule has 1 aromatic carbocycles. The van der Waals surface area contributed by atoms with Crippen LogP contribution in [0.15, 0.2) is 35.1 Å². The second kappa shape index (κ2) is 5.88. The van der Waals surface area contributed by atoms with Crippen LogP contribution in [0, 0.1) is 0 Å². The van der Waals surface area contributed by atoms with Gasteiger partial charge in [-0.3, -0.25) is 0 Å². The lowest BCUT2D eigenvalue weighted by Crippen LogP contribution is -2.13. The number of aromatic nitrogens is 2. The number of anilines is 2. The van der Waals surface area contributed by atoms with Gasteiger partial charge in [-0.15, -0.1) is 0 Å². The molecule has 0 aliphatic rings. The minimum Gasteiger partial charge on any atom is -0.437 e. The molecule has 0 radical (unpaired) electrons. The van der Waals surface area contributed by atoms with E-state index in [4.69, 9.17) is 10.5 Å². The summed E-state index contributed by atoms with van der Waals surface area (Å²) in [5.41, 5.74) is 6.39. The molecule has 2 aromatic rings. The molecule has 100 valence electrons. The summed E-state index contributed by atoms with van der Waals surface area (Å²) in [6, 6.07) is 7.68. The van der Waals surface area contributed by atoms with Gasteiger partial charge in [0, 0.05) is 10.5 Å². The average molecular weight is 323 g/mol. The molecule has 0 bridgehead atoms. The Hall–Kier alpha value is -1.82. The molecule has 2 rings (SSSR count). The number of nitrogens with zero attached hydrogens (tertiary/aromatic N) is 2. The fraction of sp³-hybridized carbons (Fsp3) is 0.231. The number of hydrogen-bond acceptors (Lipinski definition) is 5. The lowest BCUT2D eigenvalue weighted by molar-refractivity contribution is 0.464. The van der Waals surface area contributed by atoms with Crippen molar-refractivity contribution in [3.8, 4) is 11.6 Å². The van der Waals surface area contributed by atoms with Crippen LogP contribution in [0.3, 0.4) is 0 Å². The van der Waals surface area contributed by atoms with Gasteiger partial charge in [-0.1, -0.05) is 15.9 Å². The molecule has 0 unspecified atom stereocenters. The predicted molar refractivity (Wildman–Crippen MR) is 79.4 cm³/mol. The lowest BCUT2D eigenvalue weighted by atomic mass is 10.3. The Morgan fingerprint density at radius 3 is 2.53 bits per heavy atom. The zero-order valence-corrected chi connectivity index (χ0v) is 12.3. The van der Waals surface area contributed by atoms with Crippen LogP contribution in [0.5, 0.6) is 11.6 Å². The maximum atomic E-state index is 5.99. The van der Waals surface area contributed by atoms with Gasteiger partial charge in [0.15, 0.2) is 5.82 Å². The van der Waals surface area contributed by atoms with Gasteiger partial charge in [-0.25, -0.2) is 4.98 Å². The van der Waals surface area contributed by atoms with E-state index in [1.54, 1.807) is 0 Å². The quantitative estimate of drug-likeness (QED) is 0.902. The Morgan fingerprint density at radius 1 is 1.21 bits per heavy atom. The van der Waals surface area contributed by atoms with Gasteiger partial charge in [-0.05, 0) is 38.1 Å². The zero-order valence-electron chi connectivity index (χ0n) is 10.7. The maximum Gasteiger partial charge on any atom is 0.248 e. The van der Waals surface area contributed by atoms with E-state index in [1.165, 1.54) is 6.33 Å². The topological polar surface area (TPSA) is 73.1 Å². The molecule has 0 amide bonds. The summed E-state index contributed by atoms with van der Waals surface area (Å²) in [7, 11) is 0. The largest absolute Gasteiger partial charge is 0.437 e. The number of ether oxygens (including phenoxy) is 1. The number of nitrogens with one attached hydrogen (secondary N) is 1. The number of rotatable bonds is 4. The molecule has 0 atom stereocenters. The monoisotopic (exact) mass is 322 g/mol. The van der Waals surface area contributed by atoms with Crippen molar-refractivity contribution in [3.63, 3.8) is 0 Å². The number of nitrogen functional groups attached to an aromatic ring is 1. The van der Waals surface area contributed by atoms with Crippen LogP contribution in [0.4, 0.5) is 11.5 Å². The van der Waals surface area contributed by atoms with Crippen molar-refractivity contribution in [2.24, 2.45) is 0 Å². The summed E-state index contributed by atoms with van der Waals surface area (Å²) in [6.07, 6.45) is 1.43. The van der Waals surface area contributed by atoms with Crippen LogP contribution in [0.25, 0.3) is 0 Å². The summed E-state index contributed by atoms with van der Waals surface area (Å²) in [4.78, 5) is 8.15. The highest BCUT2D eigenvalue weighted by Gasteiger charge is 2.10. The first-order valence-corrected chi connectivity index (χ1v) is 6.66. The van der Waals surface area contributed by atoms with Crippen molar-refractivity contribution >= 4 is 27.4 Å². The van der Waals surface area contributed by atoms with Gasteiger partial charge in [0.05, 0.1) is 0 Å². The van der Waals surface area contributed by atoms with Gasteiger partial charge in [0.25, 0.3) is 0 Å². The first-order valence-electron chi connectivity index (χ1n) is 5.86. The second-order valence-electron chi connectivity index (χ2n) is 4.30. The van der Waals surface area contributed by atoms with Crippen molar-refractivity contribution in [2.75, 3.05) is 11.1 Å². The smallest absolute Gasteiger partial charge is 0.248 e. The molecule has 19 heavy (non-hydrogen) atoms. The van der Waals surface area contributed by atoms with Crippen LogP contribution in [-0.2, 0) is 0 Å². The molecule has 0 saturated carbocycles. The molecule has 0 fully saturated rings. The Kier molecular flexibility index (Phi) is 4.21. The number of benzene rings is 1. The molecule has 6 heteroatoms. The van der Waals surface area contributed by atoms with Gasteiger partial charge < -0.3 is 15.8 Å². The summed E-state index contributed by atoms with van der Waals surface area (Å²) < 4.78 is 6.63. The number of nitrogens with two attached hydrogens (primary N) is 1. The first kappa shape index (κ1) is 13.6. The van der Waals surface area contributed by atoms with Crippen molar-refractivity contribution < 1.29 is 4.74 Å². The van der Waals surface area contributed by atoms with E-state index in [2.05, 4.69) is 31.2 Å². The summed E-state index contributed by atoms with van der Waals surface area (Å²) in [5.74, 6) is 1.60. The van der Waals surface area contributed by atoms with Crippen molar-refractivity contribution in [1.82, 2.24) is 9.97 Å². The Labute approximate surface area is 120 Å². The molecule has 3 N–H and O–H groups in total. The van der Waals surface area contributed by atoms with E-state index in [9.17, 15) is 0 Å². The molecule has 0 spiro atoms. The van der Waals surface area contributed by atoms with E-state index >= 15 is 0 Å². The number of halogens is 1. The summed E-state index contributed by atoms with van der Waals surface area (Å²) in [5, 5.41) is 3.14. The fourth-order valence-corrected chi connectivity index (χ4v) is 1.73. The fourth-order valence-electron chi connectivity index (χ4n) is 1.46. The molecule has 0 aliphatic carbocycles. The van der Waals surface area contributed by atoms with Crippen LogP contribution in [0.2, 0.25) is 0 Å². The highest BCUT2D eigenvalue weighted by atomic mass is 79.9. The third kappa shape index (κ3) is 3.57. The van der Waals surface area contributed by atoms with Gasteiger partial charge in [0.1, 0.15) is 17.8 Å². The van der Waals surface area contributed by atoms with Gasteiger partial charge in [0.2, 0.25) is 5.88 Å². The molecular formula is C13H15BrN4O. The van der Waals surface area contributed by atoms with Gasteiger partial charge in [-0.2, -0.15) is 4.98 Å². The highest BCUT2D eigenvalue weighted by molar-refractivity contribution is 9.10.